The van der Waals surface area contributed by atoms with E-state index in [-0.39, 0.29) is 21.1 Å². The van der Waals surface area contributed by atoms with Crippen LogP contribution in [-0.2, 0) is 32.8 Å². The minimum atomic E-state index is 0. The van der Waals surface area contributed by atoms with Crippen molar-refractivity contribution >= 4 is 11.8 Å². The van der Waals surface area contributed by atoms with Crippen LogP contribution in [0.5, 0.6) is 0 Å². The molecule has 0 atom stereocenters. The van der Waals surface area contributed by atoms with Gasteiger partial charge in [-0.05, 0) is 40.0 Å². The fraction of sp³-hybridized carbons (Fsp3) is 1.00. The van der Waals surface area contributed by atoms with Gasteiger partial charge in [-0.3, -0.25) is 0 Å². The van der Waals surface area contributed by atoms with E-state index in [1.54, 1.807) is 11.8 Å². The van der Waals surface area contributed by atoms with Crippen LogP contribution in [0.4, 0.5) is 0 Å². The van der Waals surface area contributed by atoms with Gasteiger partial charge in [-0.1, -0.05) is 0 Å². The van der Waals surface area contributed by atoms with Gasteiger partial charge in [0.05, 0.1) is 0 Å². The molecule has 0 rings (SSSR count). The zero-order valence-corrected chi connectivity index (χ0v) is 11.7. The van der Waals surface area contributed by atoms with Crippen molar-refractivity contribution in [1.82, 2.24) is 9.80 Å². The molecule has 0 aliphatic heterocycles. The van der Waals surface area contributed by atoms with E-state index in [9.17, 15) is 0 Å². The summed E-state index contributed by atoms with van der Waals surface area (Å²) < 4.78 is 0. The van der Waals surface area contributed by atoms with Gasteiger partial charge >= 0.3 is 21.1 Å². The fourth-order valence-electron chi connectivity index (χ4n) is 0.653. The topological polar surface area (TPSA) is 6.48 Å². The Bertz CT molecular complexity index is 79.1. The molecule has 0 aromatic rings. The normalized spacial score (nSPS) is 10.5. The molecule has 0 unspecified atom stereocenters. The number of rotatable bonds is 6. The first-order chi connectivity index (χ1) is 5.13. The monoisotopic (exact) mass is 372 g/mol. The summed E-state index contributed by atoms with van der Waals surface area (Å²) in [6.07, 6.45) is 0. The minimum absolute atomic E-state index is 0. The minimum Gasteiger partial charge on any atom is -0.305 e. The molecule has 0 radical (unpaired) electrons. The van der Waals surface area contributed by atoms with Gasteiger partial charge in [0.15, 0.2) is 0 Å². The van der Waals surface area contributed by atoms with Crippen molar-refractivity contribution in [3.8, 4) is 0 Å². The number of nitrogens with zero attached hydrogens (tertiary/aromatic N) is 2. The van der Waals surface area contributed by atoms with Crippen LogP contribution in [0.1, 0.15) is 0 Å². The SMILES string of the molecule is CN(C)CC[SH+]CCN(C)C.[Pt+2]. The molecule has 0 spiro atoms. The first-order valence-electron chi connectivity index (χ1n) is 4.05. The van der Waals surface area contributed by atoms with Crippen LogP contribution in [-0.4, -0.2) is 62.6 Å². The average Bonchev–Trinajstić information content (AvgIpc) is 1.85. The van der Waals surface area contributed by atoms with E-state index in [2.05, 4.69) is 38.0 Å². The van der Waals surface area contributed by atoms with Crippen LogP contribution < -0.4 is 0 Å². The van der Waals surface area contributed by atoms with E-state index >= 15 is 0 Å². The Kier molecular flexibility index (Phi) is 12.9. The van der Waals surface area contributed by atoms with E-state index < -0.39 is 0 Å². The molecule has 0 saturated carbocycles. The molecule has 0 aromatic carbocycles. The van der Waals surface area contributed by atoms with Gasteiger partial charge in [0.1, 0.15) is 11.5 Å². The summed E-state index contributed by atoms with van der Waals surface area (Å²) in [5, 5.41) is 0. The Morgan fingerprint density at radius 1 is 0.833 bits per heavy atom. The Morgan fingerprint density at radius 2 is 1.17 bits per heavy atom. The maximum absolute atomic E-state index is 2.24. The molecule has 0 aliphatic rings. The molecule has 76 valence electrons. The Hall–Kier alpha value is 0.958. The molecule has 0 saturated heterocycles. The number of thiol groups is 1. The zero-order chi connectivity index (χ0) is 8.69. The van der Waals surface area contributed by atoms with Crippen LogP contribution in [0.3, 0.4) is 0 Å². The van der Waals surface area contributed by atoms with Crippen LogP contribution in [0.2, 0.25) is 0 Å². The molecule has 0 aromatic heterocycles. The second kappa shape index (κ2) is 10.0. The third kappa shape index (κ3) is 13.5. The van der Waals surface area contributed by atoms with Crippen molar-refractivity contribution in [2.75, 3.05) is 52.8 Å². The molecular weight excluding hydrogens is 351 g/mol. The fourth-order valence-corrected chi connectivity index (χ4v) is 1.96. The third-order valence-corrected chi connectivity index (χ3v) is 2.44. The average molecular weight is 372 g/mol. The van der Waals surface area contributed by atoms with Crippen LogP contribution in [0.25, 0.3) is 0 Å². The van der Waals surface area contributed by atoms with E-state index in [1.807, 2.05) is 0 Å². The van der Waals surface area contributed by atoms with Crippen molar-refractivity contribution < 1.29 is 21.1 Å². The third-order valence-electron chi connectivity index (χ3n) is 1.41. The number of hydrogen-bond acceptors (Lipinski definition) is 2. The van der Waals surface area contributed by atoms with Gasteiger partial charge in [0.25, 0.3) is 0 Å². The molecule has 0 heterocycles. The summed E-state index contributed by atoms with van der Waals surface area (Å²) >= 11 is 1.58. The van der Waals surface area contributed by atoms with Gasteiger partial charge in [-0.15, -0.1) is 0 Å². The van der Waals surface area contributed by atoms with E-state index in [0.29, 0.717) is 0 Å². The van der Waals surface area contributed by atoms with E-state index in [1.165, 1.54) is 24.6 Å². The molecule has 12 heavy (non-hydrogen) atoms. The summed E-state index contributed by atoms with van der Waals surface area (Å²) in [5.41, 5.74) is 0. The summed E-state index contributed by atoms with van der Waals surface area (Å²) in [6.45, 7) is 2.43. The van der Waals surface area contributed by atoms with Crippen molar-refractivity contribution in [1.29, 1.82) is 0 Å². The van der Waals surface area contributed by atoms with Gasteiger partial charge < -0.3 is 9.80 Å². The second-order valence-electron chi connectivity index (χ2n) is 3.28. The van der Waals surface area contributed by atoms with Crippen LogP contribution in [0.15, 0.2) is 0 Å². The summed E-state index contributed by atoms with van der Waals surface area (Å²) in [4.78, 5) is 4.48. The van der Waals surface area contributed by atoms with E-state index in [4.69, 9.17) is 0 Å². The maximum atomic E-state index is 2.24. The Balaban J connectivity index is 0. The predicted octanol–water partition coefficient (Wildman–Crippen LogP) is -0.0780. The van der Waals surface area contributed by atoms with Crippen LogP contribution in [0, 0.1) is 0 Å². The van der Waals surface area contributed by atoms with Gasteiger partial charge in [-0.25, -0.2) is 0 Å². The second-order valence-corrected chi connectivity index (χ2v) is 4.62. The molecule has 0 N–H and O–H groups in total. The molecule has 4 heteroatoms. The molecule has 0 bridgehead atoms. The molecule has 2 nitrogen and oxygen atoms in total. The summed E-state index contributed by atoms with van der Waals surface area (Å²) in [5.74, 6) is 2.61. The summed E-state index contributed by atoms with van der Waals surface area (Å²) in [7, 11) is 8.51. The first kappa shape index (κ1) is 15.4. The van der Waals surface area contributed by atoms with E-state index in [0.717, 1.165) is 0 Å². The maximum Gasteiger partial charge on any atom is 2.00 e. The standard InChI is InChI=1S/C8H20N2S.Pt/c1-9(2)5-7-11-8-6-10(3)4;/h5-8H2,1-4H3;/q;+2/p+1. The van der Waals surface area contributed by atoms with Crippen molar-refractivity contribution in [2.24, 2.45) is 0 Å². The van der Waals surface area contributed by atoms with Gasteiger partial charge in [0.2, 0.25) is 0 Å². The summed E-state index contributed by atoms with van der Waals surface area (Å²) in [6, 6.07) is 0. The van der Waals surface area contributed by atoms with Gasteiger partial charge in [0, 0.05) is 13.1 Å². The quantitative estimate of drug-likeness (QED) is 0.366. The predicted molar refractivity (Wildman–Crippen MR) is 55.6 cm³/mol. The van der Waals surface area contributed by atoms with Crippen molar-refractivity contribution in [3.63, 3.8) is 0 Å². The Labute approximate surface area is 95.3 Å². The van der Waals surface area contributed by atoms with Crippen molar-refractivity contribution in [2.45, 2.75) is 0 Å². The Morgan fingerprint density at radius 3 is 1.42 bits per heavy atom. The zero-order valence-electron chi connectivity index (χ0n) is 8.49. The largest absolute Gasteiger partial charge is 2.00 e. The smallest absolute Gasteiger partial charge is 0.305 e. The van der Waals surface area contributed by atoms with Gasteiger partial charge in [-0.2, -0.15) is 0 Å². The molecular formula is C8H21N2PtS+3. The molecule has 0 amide bonds. The van der Waals surface area contributed by atoms with Crippen molar-refractivity contribution in [3.05, 3.63) is 0 Å². The first-order valence-corrected chi connectivity index (χ1v) is 5.32. The van der Waals surface area contributed by atoms with Crippen LogP contribution >= 0.6 is 0 Å². The number of hydrogen-bond donors (Lipinski definition) is 0. The molecule has 0 fully saturated rings. The molecule has 0 aliphatic carbocycles.